The number of hydrogen-bond donors (Lipinski definition) is 3. The van der Waals surface area contributed by atoms with Crippen molar-refractivity contribution >= 4 is 28.8 Å². The highest BCUT2D eigenvalue weighted by Gasteiger charge is 2.40. The number of Topliss-reactive ketones (excluding diaryl/α,β-unsaturated/α-hetero) is 1. The number of aromatic nitrogens is 4. The van der Waals surface area contributed by atoms with E-state index in [1.165, 1.54) is 15.3 Å². The van der Waals surface area contributed by atoms with E-state index in [4.69, 9.17) is 0 Å². The van der Waals surface area contributed by atoms with Crippen molar-refractivity contribution in [2.75, 3.05) is 17.7 Å². The Morgan fingerprint density at radius 2 is 2.19 bits per heavy atom. The van der Waals surface area contributed by atoms with Gasteiger partial charge >= 0.3 is 0 Å². The number of fused-ring (bicyclic) bond motifs is 1. The molecule has 3 aromatic heterocycles. The molecule has 2 aliphatic rings. The van der Waals surface area contributed by atoms with Gasteiger partial charge in [0, 0.05) is 32.2 Å². The molecule has 10 heteroatoms. The Balaban J connectivity index is 1.48. The first-order valence-electron chi connectivity index (χ1n) is 10.4. The molecule has 0 aromatic carbocycles. The highest BCUT2D eigenvalue weighted by molar-refractivity contribution is 6.01. The fourth-order valence-corrected chi connectivity index (χ4v) is 3.98. The maximum atomic E-state index is 13.4. The number of nitrogens with one attached hydrogen (secondary N) is 2. The number of halogens is 1. The molecular weight excluding hydrogens is 403 g/mol. The smallest absolute Gasteiger partial charge is 0.274 e. The molecule has 0 bridgehead atoms. The molecule has 31 heavy (non-hydrogen) atoms. The molecule has 2 saturated carbocycles. The first kappa shape index (κ1) is 19.7. The molecule has 0 saturated heterocycles. The standard InChI is InChI=1S/C21H23FN6O3/c1-23-19-9-18(25-14-3-2-6-27(21(14)31)15-8-13(15)22)26-20-12(10-24-28(19)20)17(30)7-11-4-5-16(11)29/h2-3,6,9-11,13,15-16,23,29H,4-5,7-8H2,1H3,(H,25,26)/t11-,13-,15-,16-/m0/s1. The van der Waals surface area contributed by atoms with Crippen LogP contribution in [0.3, 0.4) is 0 Å². The van der Waals surface area contributed by atoms with E-state index in [9.17, 15) is 19.1 Å². The van der Waals surface area contributed by atoms with Crippen LogP contribution in [0.5, 0.6) is 0 Å². The van der Waals surface area contributed by atoms with Crippen LogP contribution >= 0.6 is 0 Å². The number of alkyl halides is 1. The van der Waals surface area contributed by atoms with Crippen molar-refractivity contribution in [2.24, 2.45) is 5.92 Å². The summed E-state index contributed by atoms with van der Waals surface area (Å²) in [5, 5.41) is 20.1. The Hall–Kier alpha value is -3.27. The summed E-state index contributed by atoms with van der Waals surface area (Å²) in [5.41, 5.74) is 0.660. The summed E-state index contributed by atoms with van der Waals surface area (Å²) in [4.78, 5) is 30.1. The molecule has 0 spiro atoms. The van der Waals surface area contributed by atoms with Crippen molar-refractivity contribution in [3.8, 4) is 0 Å². The molecule has 3 heterocycles. The molecule has 9 nitrogen and oxygen atoms in total. The van der Waals surface area contributed by atoms with Gasteiger partial charge in [0.2, 0.25) is 0 Å². The highest BCUT2D eigenvalue weighted by Crippen LogP contribution is 2.38. The van der Waals surface area contributed by atoms with E-state index in [-0.39, 0.29) is 29.4 Å². The van der Waals surface area contributed by atoms with Gasteiger partial charge in [0.25, 0.3) is 5.56 Å². The van der Waals surface area contributed by atoms with Gasteiger partial charge in [-0.1, -0.05) is 0 Å². The lowest BCUT2D eigenvalue weighted by Gasteiger charge is -2.31. The van der Waals surface area contributed by atoms with Gasteiger partial charge in [0.15, 0.2) is 11.4 Å². The van der Waals surface area contributed by atoms with E-state index in [1.54, 1.807) is 31.4 Å². The van der Waals surface area contributed by atoms with Crippen molar-refractivity contribution in [1.82, 2.24) is 19.2 Å². The quantitative estimate of drug-likeness (QED) is 0.497. The average molecular weight is 426 g/mol. The number of anilines is 3. The fraction of sp³-hybridized carbons (Fsp3) is 0.429. The average Bonchev–Trinajstić information content (AvgIpc) is 3.32. The van der Waals surface area contributed by atoms with Crippen molar-refractivity contribution in [3.63, 3.8) is 0 Å². The molecule has 162 valence electrons. The van der Waals surface area contributed by atoms with Crippen molar-refractivity contribution in [3.05, 3.63) is 46.5 Å². The second kappa shape index (κ2) is 7.45. The summed E-state index contributed by atoms with van der Waals surface area (Å²) in [5.74, 6) is 0.780. The summed E-state index contributed by atoms with van der Waals surface area (Å²) < 4.78 is 16.4. The van der Waals surface area contributed by atoms with Gasteiger partial charge in [0.1, 0.15) is 23.5 Å². The number of pyridine rings is 1. The van der Waals surface area contributed by atoms with Gasteiger partial charge in [-0.15, -0.1) is 0 Å². The summed E-state index contributed by atoms with van der Waals surface area (Å²) in [6, 6.07) is 4.55. The maximum Gasteiger partial charge on any atom is 0.274 e. The van der Waals surface area contributed by atoms with Crippen LogP contribution in [0.4, 0.5) is 21.7 Å². The van der Waals surface area contributed by atoms with Gasteiger partial charge in [-0.05, 0) is 30.9 Å². The van der Waals surface area contributed by atoms with Crippen LogP contribution in [-0.4, -0.2) is 49.4 Å². The van der Waals surface area contributed by atoms with Crippen LogP contribution in [-0.2, 0) is 0 Å². The van der Waals surface area contributed by atoms with Gasteiger partial charge in [-0.25, -0.2) is 9.37 Å². The Morgan fingerprint density at radius 1 is 1.39 bits per heavy atom. The predicted octanol–water partition coefficient (Wildman–Crippen LogP) is 2.30. The summed E-state index contributed by atoms with van der Waals surface area (Å²) in [6.07, 6.45) is 3.77. The lowest BCUT2D eigenvalue weighted by molar-refractivity contribution is 0.0199. The van der Waals surface area contributed by atoms with Crippen LogP contribution in [0.1, 0.15) is 42.1 Å². The van der Waals surface area contributed by atoms with Gasteiger partial charge in [0.05, 0.1) is 23.9 Å². The van der Waals surface area contributed by atoms with Gasteiger partial charge in [-0.3, -0.25) is 9.59 Å². The fourth-order valence-electron chi connectivity index (χ4n) is 3.98. The number of carbonyl (C=O) groups excluding carboxylic acids is 1. The molecule has 2 fully saturated rings. The number of nitrogens with zero attached hydrogens (tertiary/aromatic N) is 4. The second-order valence-electron chi connectivity index (χ2n) is 8.18. The Kier molecular flexibility index (Phi) is 4.73. The van der Waals surface area contributed by atoms with Crippen molar-refractivity contribution in [1.29, 1.82) is 0 Å². The molecule has 2 aliphatic carbocycles. The van der Waals surface area contributed by atoms with Gasteiger partial charge in [-0.2, -0.15) is 9.61 Å². The Morgan fingerprint density at radius 3 is 2.84 bits per heavy atom. The summed E-state index contributed by atoms with van der Waals surface area (Å²) in [6.45, 7) is 0. The van der Waals surface area contributed by atoms with Crippen molar-refractivity contribution < 1.29 is 14.3 Å². The molecular formula is C21H23FN6O3. The zero-order valence-electron chi connectivity index (χ0n) is 17.0. The second-order valence-corrected chi connectivity index (χ2v) is 8.18. The molecule has 4 atom stereocenters. The van der Waals surface area contributed by atoms with E-state index in [2.05, 4.69) is 20.7 Å². The molecule has 3 N–H and O–H groups in total. The molecule has 0 amide bonds. The lowest BCUT2D eigenvalue weighted by Crippen LogP contribution is -2.32. The number of hydrogen-bond acceptors (Lipinski definition) is 7. The monoisotopic (exact) mass is 426 g/mol. The minimum atomic E-state index is -0.993. The number of aliphatic hydroxyl groups is 1. The topological polar surface area (TPSA) is 114 Å². The minimum Gasteiger partial charge on any atom is -0.393 e. The third kappa shape index (κ3) is 3.46. The third-order valence-electron chi connectivity index (χ3n) is 6.13. The van der Waals surface area contributed by atoms with Crippen LogP contribution in [0, 0.1) is 5.92 Å². The first-order chi connectivity index (χ1) is 15.0. The number of ketones is 1. The van der Waals surface area contributed by atoms with Crippen molar-refractivity contribution in [2.45, 2.75) is 44.0 Å². The minimum absolute atomic E-state index is 0.0305. The van der Waals surface area contributed by atoms with Crippen LogP contribution in [0.2, 0.25) is 0 Å². The maximum absolute atomic E-state index is 13.4. The van der Waals surface area contributed by atoms with Crippen LogP contribution in [0.25, 0.3) is 5.65 Å². The molecule has 5 rings (SSSR count). The Labute approximate surface area is 176 Å². The van der Waals surface area contributed by atoms with Crippen LogP contribution < -0.4 is 16.2 Å². The molecule has 3 aromatic rings. The highest BCUT2D eigenvalue weighted by atomic mass is 19.1. The zero-order chi connectivity index (χ0) is 21.7. The summed E-state index contributed by atoms with van der Waals surface area (Å²) >= 11 is 0. The number of rotatable bonds is 7. The zero-order valence-corrected chi connectivity index (χ0v) is 17.0. The Bertz CT molecular complexity index is 1220. The summed E-state index contributed by atoms with van der Waals surface area (Å²) in [7, 11) is 1.72. The molecule has 0 unspecified atom stereocenters. The largest absolute Gasteiger partial charge is 0.393 e. The number of carbonyl (C=O) groups is 1. The molecule has 0 aliphatic heterocycles. The van der Waals surface area contributed by atoms with E-state index in [0.717, 1.165) is 12.8 Å². The SMILES string of the molecule is CNc1cc(Nc2cccn([C@H]3C[C@@H]3F)c2=O)nc2c(C(=O)C[C@@H]3CC[C@@H]3O)cnn12. The normalized spacial score (nSPS) is 24.6. The van der Waals surface area contributed by atoms with Gasteiger partial charge < -0.3 is 20.3 Å². The van der Waals surface area contributed by atoms with Crippen LogP contribution in [0.15, 0.2) is 35.4 Å². The van der Waals surface area contributed by atoms with E-state index in [0.29, 0.717) is 29.3 Å². The predicted molar refractivity (Wildman–Crippen MR) is 113 cm³/mol. The van der Waals surface area contributed by atoms with E-state index < -0.39 is 18.3 Å². The third-order valence-corrected chi connectivity index (χ3v) is 6.13. The molecule has 0 radical (unpaired) electrons. The number of aliphatic hydroxyl groups excluding tert-OH is 1. The first-order valence-corrected chi connectivity index (χ1v) is 10.4. The lowest BCUT2D eigenvalue weighted by atomic mass is 9.78. The van der Waals surface area contributed by atoms with E-state index >= 15 is 0 Å². The van der Waals surface area contributed by atoms with E-state index in [1.807, 2.05) is 0 Å².